The molecule has 0 aliphatic carbocycles. The topological polar surface area (TPSA) is 69.6 Å². The van der Waals surface area contributed by atoms with Gasteiger partial charge in [0.25, 0.3) is 0 Å². The van der Waals surface area contributed by atoms with Crippen LogP contribution >= 0.6 is 60.8 Å². The Kier molecular flexibility index (Phi) is 32.5. The molecule has 0 amide bonds. The minimum atomic E-state index is -0.850. The van der Waals surface area contributed by atoms with Crippen LogP contribution in [0.5, 0.6) is 0 Å². The number of carboxylic acid groups (broad SMARTS) is 1. The average Bonchev–Trinajstić information content (AvgIpc) is 2.29. The van der Waals surface area contributed by atoms with Crippen LogP contribution in [0.2, 0.25) is 0 Å². The smallest absolute Gasteiger partial charge is 0.319 e. The van der Waals surface area contributed by atoms with Gasteiger partial charge in [-0.05, 0) is 66.2 Å². The lowest BCUT2D eigenvalue weighted by atomic mass is 10.2. The summed E-state index contributed by atoms with van der Waals surface area (Å²) in [7, 11) is 7.35. The number of hydrogen-bond donors (Lipinski definition) is 2. The Bertz CT molecular complexity index is 368. The molecule has 0 fully saturated rings. The maximum atomic E-state index is 10.7. The molecule has 5 nitrogen and oxygen atoms in total. The van der Waals surface area contributed by atoms with Gasteiger partial charge in [-0.15, -0.1) is 12.4 Å². The molecule has 0 atom stereocenters. The number of thiocarbonyl (C=S) groups is 3. The average molecular weight is 423 g/mol. The van der Waals surface area contributed by atoms with E-state index in [0.717, 1.165) is 0 Å². The van der Waals surface area contributed by atoms with E-state index in [1.807, 2.05) is 18.4 Å². The fourth-order valence-electron chi connectivity index (χ4n) is 0.353. The number of carbonyl (C=O) groups excluding carboxylic acids is 1. The predicted octanol–water partition coefficient (Wildman–Crippen LogP) is 3.30. The molecule has 0 rings (SSSR count). The van der Waals surface area contributed by atoms with E-state index in [0.29, 0.717) is 4.32 Å². The molecule has 0 radical (unpaired) electrons. The predicted molar refractivity (Wildman–Crippen MR) is 114 cm³/mol. The molecule has 0 aromatic rings. The van der Waals surface area contributed by atoms with Crippen molar-refractivity contribution in [2.75, 3.05) is 28.2 Å². The van der Waals surface area contributed by atoms with Gasteiger partial charge in [0.1, 0.15) is 14.9 Å². The first-order valence-electron chi connectivity index (χ1n) is 6.02. The van der Waals surface area contributed by atoms with E-state index >= 15 is 0 Å². The summed E-state index contributed by atoms with van der Waals surface area (Å²) in [6.07, 6.45) is 0. The van der Waals surface area contributed by atoms with Crippen molar-refractivity contribution in [1.29, 1.82) is 0 Å². The molecule has 0 heterocycles. The molecule has 23 heavy (non-hydrogen) atoms. The lowest BCUT2D eigenvalue weighted by molar-refractivity contribution is -0.138. The summed E-state index contributed by atoms with van der Waals surface area (Å²) in [6.45, 7) is 6.32. The standard InChI is InChI=1S/C7H13NO2S2.C3H6O.C2H7N.CS2.ClH/c1-7(2,5(9)10)12-6(11)8(3)4;1-3(2)4;1-3-2;2-1-3;/h1-4H3,(H,9,10);1-2H3;3H,1-2H3;;1H. The van der Waals surface area contributed by atoms with Gasteiger partial charge in [0.15, 0.2) is 0 Å². The highest BCUT2D eigenvalue weighted by molar-refractivity contribution is 8.24. The van der Waals surface area contributed by atoms with Gasteiger partial charge in [0.2, 0.25) is 0 Å². The fraction of sp³-hybridized carbons (Fsp3) is 0.692. The van der Waals surface area contributed by atoms with E-state index in [2.05, 4.69) is 29.8 Å². The second-order valence-electron chi connectivity index (χ2n) is 4.57. The highest BCUT2D eigenvalue weighted by atomic mass is 35.5. The number of nitrogens with one attached hydrogen (secondary N) is 1. The van der Waals surface area contributed by atoms with Crippen LogP contribution in [0, 0.1) is 0 Å². The number of nitrogens with zero attached hydrogens (tertiary/aromatic N) is 1. The third-order valence-corrected chi connectivity index (χ3v) is 3.06. The first kappa shape index (κ1) is 34.2. The van der Waals surface area contributed by atoms with Crippen LogP contribution in [-0.2, 0) is 9.59 Å². The Balaban J connectivity index is -0.0000000815. The Hall–Kier alpha value is -0.150. The second-order valence-corrected chi connectivity index (χ2v) is 7.49. The first-order chi connectivity index (χ1) is 9.83. The van der Waals surface area contributed by atoms with Gasteiger partial charge in [-0.3, -0.25) is 4.79 Å². The van der Waals surface area contributed by atoms with E-state index in [1.54, 1.807) is 32.8 Å². The highest BCUT2D eigenvalue weighted by Gasteiger charge is 2.29. The molecule has 0 bridgehead atoms. The van der Waals surface area contributed by atoms with Crippen LogP contribution in [0.4, 0.5) is 0 Å². The van der Waals surface area contributed by atoms with Crippen molar-refractivity contribution in [3.63, 3.8) is 0 Å². The molecule has 0 aromatic heterocycles. The van der Waals surface area contributed by atoms with E-state index in [9.17, 15) is 9.59 Å². The zero-order valence-electron chi connectivity index (χ0n) is 14.8. The minimum absolute atomic E-state index is 0. The first-order valence-corrected chi connectivity index (χ1v) is 8.06. The second kappa shape index (κ2) is 21.9. The van der Waals surface area contributed by atoms with Crippen molar-refractivity contribution in [2.24, 2.45) is 0 Å². The Labute approximate surface area is 166 Å². The maximum Gasteiger partial charge on any atom is 0.319 e. The number of hydrogen-bond acceptors (Lipinski definition) is 7. The van der Waals surface area contributed by atoms with E-state index in [-0.39, 0.29) is 18.2 Å². The lowest BCUT2D eigenvalue weighted by Crippen LogP contribution is -2.31. The Morgan fingerprint density at radius 2 is 1.39 bits per heavy atom. The molecular formula is C13H27ClN2O3S4. The number of thioether (sulfide) groups is 1. The van der Waals surface area contributed by atoms with E-state index < -0.39 is 10.7 Å². The molecule has 0 saturated heterocycles. The van der Waals surface area contributed by atoms with E-state index in [1.165, 1.54) is 25.6 Å². The van der Waals surface area contributed by atoms with Crippen molar-refractivity contribution in [3.05, 3.63) is 0 Å². The van der Waals surface area contributed by atoms with Crippen molar-refractivity contribution in [3.8, 4) is 0 Å². The van der Waals surface area contributed by atoms with Gasteiger partial charge in [-0.2, -0.15) is 0 Å². The monoisotopic (exact) mass is 422 g/mol. The van der Waals surface area contributed by atoms with Crippen molar-refractivity contribution in [1.82, 2.24) is 10.2 Å². The third-order valence-electron chi connectivity index (χ3n) is 1.22. The molecule has 0 unspecified atom stereocenters. The molecule has 0 saturated carbocycles. The zero-order valence-corrected chi connectivity index (χ0v) is 18.8. The SMILES string of the molecule is CC(C)=O.CN(C)C(=S)SC(C)(C)C(=O)O.CNC.Cl.S=C=S. The minimum Gasteiger partial charge on any atom is -0.480 e. The zero-order chi connectivity index (χ0) is 18.9. The van der Waals surface area contributed by atoms with Crippen LogP contribution in [0.1, 0.15) is 27.7 Å². The molecule has 138 valence electrons. The number of carbonyl (C=O) groups is 2. The maximum absolute atomic E-state index is 10.7. The van der Waals surface area contributed by atoms with Crippen LogP contribution in [0.25, 0.3) is 0 Å². The van der Waals surface area contributed by atoms with Crippen molar-refractivity contribution < 1.29 is 14.7 Å². The summed E-state index contributed by atoms with van der Waals surface area (Å²) < 4.78 is 1.66. The number of aliphatic carboxylic acids is 1. The summed E-state index contributed by atoms with van der Waals surface area (Å²) in [4.78, 5) is 21.9. The number of halogens is 1. The fourth-order valence-corrected chi connectivity index (χ4v) is 1.68. The number of Topliss-reactive ketones (excluding diaryl/α,β-unsaturated/α-hetero) is 1. The largest absolute Gasteiger partial charge is 0.480 e. The molecule has 0 aliphatic rings. The van der Waals surface area contributed by atoms with Crippen LogP contribution in [0.15, 0.2) is 0 Å². The van der Waals surface area contributed by atoms with Gasteiger partial charge in [0, 0.05) is 18.4 Å². The lowest BCUT2D eigenvalue weighted by Gasteiger charge is -2.22. The number of ketones is 1. The molecule has 0 aliphatic heterocycles. The molecule has 10 heteroatoms. The molecule has 0 aromatic carbocycles. The van der Waals surface area contributed by atoms with Crippen molar-refractivity contribution >= 4 is 81.2 Å². The number of rotatable bonds is 2. The quantitative estimate of drug-likeness (QED) is 0.652. The van der Waals surface area contributed by atoms with Crippen LogP contribution in [0.3, 0.4) is 0 Å². The highest BCUT2D eigenvalue weighted by Crippen LogP contribution is 2.26. The summed E-state index contributed by atoms with van der Waals surface area (Å²) in [5.41, 5.74) is 0. The molecular weight excluding hydrogens is 396 g/mol. The molecule has 0 spiro atoms. The van der Waals surface area contributed by atoms with Gasteiger partial charge >= 0.3 is 5.97 Å². The summed E-state index contributed by atoms with van der Waals surface area (Å²) in [6, 6.07) is 0. The normalized spacial score (nSPS) is 8.00. The summed E-state index contributed by atoms with van der Waals surface area (Å²) in [5.74, 6) is -0.684. The molecule has 2 N–H and O–H groups in total. The van der Waals surface area contributed by atoms with E-state index in [4.69, 9.17) is 17.3 Å². The van der Waals surface area contributed by atoms with Gasteiger partial charge in [-0.1, -0.05) is 24.0 Å². The van der Waals surface area contributed by atoms with Gasteiger partial charge in [0.05, 0.1) is 0 Å². The Morgan fingerprint density at radius 1 is 1.17 bits per heavy atom. The van der Waals surface area contributed by atoms with Gasteiger partial charge in [-0.25, -0.2) is 0 Å². The van der Waals surface area contributed by atoms with Crippen LogP contribution in [-0.4, -0.2) is 63.3 Å². The number of carboxylic acids is 1. The van der Waals surface area contributed by atoms with Crippen molar-refractivity contribution in [2.45, 2.75) is 32.4 Å². The van der Waals surface area contributed by atoms with Gasteiger partial charge < -0.3 is 20.1 Å². The Morgan fingerprint density at radius 3 is 1.52 bits per heavy atom. The third kappa shape index (κ3) is 39.0. The van der Waals surface area contributed by atoms with Crippen LogP contribution < -0.4 is 5.32 Å². The summed E-state index contributed by atoms with van der Waals surface area (Å²) in [5, 5.41) is 11.5. The summed E-state index contributed by atoms with van der Waals surface area (Å²) >= 11 is 14.1.